The molecule has 0 spiro atoms. The SMILES string of the molecule is COCCCN(C(=O)c1cc2c(s1)CCCCCC2)c1c(N)n(Cc2ccccc2)c(=O)[nH]c1=O. The number of nitrogens with zero attached hydrogens (tertiary/aromatic N) is 2. The number of carbonyl (C=O) groups excluding carboxylic acids is 1. The number of methoxy groups -OCH3 is 1. The molecule has 0 aliphatic heterocycles. The number of benzene rings is 1. The van der Waals surface area contributed by atoms with Gasteiger partial charge in [0.1, 0.15) is 5.82 Å². The first-order valence-corrected chi connectivity index (χ1v) is 12.9. The molecular weight excluding hydrogens is 464 g/mol. The van der Waals surface area contributed by atoms with Gasteiger partial charge in [-0.1, -0.05) is 43.2 Å². The number of hydrogen-bond acceptors (Lipinski definition) is 6. The van der Waals surface area contributed by atoms with E-state index in [0.29, 0.717) is 17.9 Å². The molecule has 1 amide bonds. The number of hydrogen-bond donors (Lipinski definition) is 2. The number of aromatic amines is 1. The highest BCUT2D eigenvalue weighted by Crippen LogP contribution is 2.31. The van der Waals surface area contributed by atoms with Gasteiger partial charge in [0.2, 0.25) is 0 Å². The second-order valence-electron chi connectivity index (χ2n) is 8.84. The van der Waals surface area contributed by atoms with Crippen LogP contribution in [0.5, 0.6) is 0 Å². The smallest absolute Gasteiger partial charge is 0.330 e. The molecule has 0 saturated heterocycles. The lowest BCUT2D eigenvalue weighted by Crippen LogP contribution is -2.41. The Hall–Kier alpha value is -3.17. The van der Waals surface area contributed by atoms with Crippen LogP contribution in [0, 0.1) is 0 Å². The maximum Gasteiger partial charge on any atom is 0.330 e. The highest BCUT2D eigenvalue weighted by molar-refractivity contribution is 7.14. The lowest BCUT2D eigenvalue weighted by molar-refractivity contribution is 0.0987. The molecule has 8 nitrogen and oxygen atoms in total. The van der Waals surface area contributed by atoms with Crippen LogP contribution >= 0.6 is 11.3 Å². The molecule has 1 aliphatic rings. The monoisotopic (exact) mass is 496 g/mol. The molecule has 0 unspecified atom stereocenters. The summed E-state index contributed by atoms with van der Waals surface area (Å²) < 4.78 is 6.48. The third-order valence-electron chi connectivity index (χ3n) is 6.35. The van der Waals surface area contributed by atoms with Crippen molar-refractivity contribution >= 4 is 28.7 Å². The predicted octanol–water partition coefficient (Wildman–Crippen LogP) is 3.57. The maximum atomic E-state index is 13.8. The summed E-state index contributed by atoms with van der Waals surface area (Å²) in [5.74, 6) is -0.303. The minimum absolute atomic E-state index is 0.00227. The lowest BCUT2D eigenvalue weighted by Gasteiger charge is -2.24. The van der Waals surface area contributed by atoms with Gasteiger partial charge in [-0.3, -0.25) is 24.0 Å². The maximum absolute atomic E-state index is 13.8. The molecule has 1 aromatic carbocycles. The van der Waals surface area contributed by atoms with Crippen LogP contribution in [0.15, 0.2) is 46.0 Å². The Balaban J connectivity index is 1.74. The number of anilines is 2. The fourth-order valence-electron chi connectivity index (χ4n) is 4.53. The molecule has 3 aromatic rings. The van der Waals surface area contributed by atoms with Gasteiger partial charge in [0, 0.05) is 25.1 Å². The minimum atomic E-state index is -0.669. The van der Waals surface area contributed by atoms with E-state index in [4.69, 9.17) is 10.5 Å². The fourth-order valence-corrected chi connectivity index (χ4v) is 5.73. The molecule has 186 valence electrons. The molecular formula is C26H32N4O4S. The molecule has 0 saturated carbocycles. The van der Waals surface area contributed by atoms with Crippen LogP contribution < -0.4 is 21.9 Å². The third kappa shape index (κ3) is 5.74. The summed E-state index contributed by atoms with van der Waals surface area (Å²) >= 11 is 1.51. The van der Waals surface area contributed by atoms with Crippen molar-refractivity contribution in [3.8, 4) is 0 Å². The summed E-state index contributed by atoms with van der Waals surface area (Å²) in [5.41, 5.74) is 7.22. The molecule has 0 bridgehead atoms. The summed E-state index contributed by atoms with van der Waals surface area (Å²) in [5, 5.41) is 0. The van der Waals surface area contributed by atoms with Gasteiger partial charge in [0.05, 0.1) is 11.4 Å². The largest absolute Gasteiger partial charge is 0.385 e. The van der Waals surface area contributed by atoms with Gasteiger partial charge in [0.25, 0.3) is 11.5 Å². The number of nitrogens with one attached hydrogen (secondary N) is 1. The number of H-pyrrole nitrogens is 1. The summed E-state index contributed by atoms with van der Waals surface area (Å²) in [4.78, 5) is 45.0. The van der Waals surface area contributed by atoms with E-state index in [1.165, 1.54) is 44.1 Å². The number of carbonyl (C=O) groups is 1. The first-order chi connectivity index (χ1) is 17.0. The number of ether oxygens (including phenoxy) is 1. The van der Waals surface area contributed by atoms with Gasteiger partial charge in [0.15, 0.2) is 5.69 Å². The summed E-state index contributed by atoms with van der Waals surface area (Å²) in [6.07, 6.45) is 7.11. The molecule has 1 aliphatic carbocycles. The summed E-state index contributed by atoms with van der Waals surface area (Å²) in [7, 11) is 1.59. The molecule has 0 fully saturated rings. The number of nitrogens with two attached hydrogens (primary N) is 1. The minimum Gasteiger partial charge on any atom is -0.385 e. The standard InChI is InChI=1S/C26H32N4O4S/c1-34-15-9-14-29(25(32)21-16-19-12-7-2-3-8-13-20(19)35-21)22-23(27)30(26(33)28-24(22)31)17-18-10-5-4-6-11-18/h4-6,10-11,16H,2-3,7-9,12-15,17,27H2,1H3,(H,28,31,33). The van der Waals surface area contributed by atoms with Crippen molar-refractivity contribution in [1.82, 2.24) is 9.55 Å². The molecule has 0 atom stereocenters. The van der Waals surface area contributed by atoms with E-state index in [1.807, 2.05) is 36.4 Å². The fraction of sp³-hybridized carbons (Fsp3) is 0.423. The van der Waals surface area contributed by atoms with Crippen molar-refractivity contribution in [2.24, 2.45) is 0 Å². The summed E-state index contributed by atoms with van der Waals surface area (Å²) in [6, 6.07) is 11.3. The molecule has 35 heavy (non-hydrogen) atoms. The Kier molecular flexibility index (Phi) is 8.20. The van der Waals surface area contributed by atoms with Crippen molar-refractivity contribution in [3.63, 3.8) is 0 Å². The van der Waals surface area contributed by atoms with Gasteiger partial charge in [-0.05, 0) is 49.3 Å². The normalized spacial score (nSPS) is 13.6. The molecule has 0 radical (unpaired) electrons. The van der Waals surface area contributed by atoms with E-state index in [9.17, 15) is 14.4 Å². The zero-order valence-corrected chi connectivity index (χ0v) is 20.9. The number of aromatic nitrogens is 2. The van der Waals surface area contributed by atoms with Gasteiger partial charge in [-0.2, -0.15) is 0 Å². The van der Waals surface area contributed by atoms with Gasteiger partial charge in [-0.15, -0.1) is 11.3 Å². The summed E-state index contributed by atoms with van der Waals surface area (Å²) in [6.45, 7) is 0.848. The van der Waals surface area contributed by atoms with Crippen LogP contribution in [0.25, 0.3) is 0 Å². The molecule has 4 rings (SSSR count). The Morgan fingerprint density at radius 2 is 1.89 bits per heavy atom. The van der Waals surface area contributed by atoms with E-state index >= 15 is 0 Å². The second kappa shape index (κ2) is 11.5. The highest BCUT2D eigenvalue weighted by Gasteiger charge is 2.27. The number of aryl methyl sites for hydroxylation is 2. The van der Waals surface area contributed by atoms with Crippen molar-refractivity contribution in [2.75, 3.05) is 30.9 Å². The quantitative estimate of drug-likeness (QED) is 0.463. The van der Waals surface area contributed by atoms with Crippen LogP contribution in [0.1, 0.15) is 57.8 Å². The number of thiophene rings is 1. The Morgan fingerprint density at radius 3 is 2.63 bits per heavy atom. The number of nitrogen functional groups attached to an aromatic ring is 1. The number of fused-ring (bicyclic) bond motifs is 1. The first-order valence-electron chi connectivity index (χ1n) is 12.1. The van der Waals surface area contributed by atoms with E-state index in [1.54, 1.807) is 7.11 Å². The molecule has 2 aromatic heterocycles. The van der Waals surface area contributed by atoms with Crippen LogP contribution in [-0.2, 0) is 24.1 Å². The zero-order valence-electron chi connectivity index (χ0n) is 20.0. The van der Waals surface area contributed by atoms with Crippen LogP contribution in [0.3, 0.4) is 0 Å². The van der Waals surface area contributed by atoms with Crippen LogP contribution in [0.4, 0.5) is 11.5 Å². The highest BCUT2D eigenvalue weighted by atomic mass is 32.1. The van der Waals surface area contributed by atoms with Crippen LogP contribution in [-0.4, -0.2) is 35.7 Å². The van der Waals surface area contributed by atoms with Crippen molar-refractivity contribution < 1.29 is 9.53 Å². The van der Waals surface area contributed by atoms with Crippen molar-refractivity contribution in [1.29, 1.82) is 0 Å². The van der Waals surface area contributed by atoms with Gasteiger partial charge >= 0.3 is 5.69 Å². The van der Waals surface area contributed by atoms with Crippen LogP contribution in [0.2, 0.25) is 0 Å². The van der Waals surface area contributed by atoms with Crippen molar-refractivity contribution in [3.05, 3.63) is 78.1 Å². The Morgan fingerprint density at radius 1 is 1.14 bits per heavy atom. The molecule has 9 heteroatoms. The van der Waals surface area contributed by atoms with E-state index in [2.05, 4.69) is 4.98 Å². The topological polar surface area (TPSA) is 110 Å². The van der Waals surface area contributed by atoms with E-state index < -0.39 is 11.2 Å². The zero-order chi connectivity index (χ0) is 24.8. The van der Waals surface area contributed by atoms with Gasteiger partial charge in [-0.25, -0.2) is 4.79 Å². The molecule has 2 heterocycles. The average molecular weight is 497 g/mol. The number of rotatable bonds is 8. The first kappa shape index (κ1) is 24.9. The van der Waals surface area contributed by atoms with Gasteiger partial charge < -0.3 is 10.5 Å². The van der Waals surface area contributed by atoms with E-state index in [0.717, 1.165) is 31.2 Å². The Labute approximate surface area is 208 Å². The number of amides is 1. The third-order valence-corrected chi connectivity index (χ3v) is 7.58. The Bertz CT molecular complexity index is 1250. The lowest BCUT2D eigenvalue weighted by atomic mass is 10.00. The molecule has 3 N–H and O–H groups in total. The predicted molar refractivity (Wildman–Crippen MR) is 140 cm³/mol. The second-order valence-corrected chi connectivity index (χ2v) is 9.98. The average Bonchev–Trinajstić information content (AvgIpc) is 3.22. The van der Waals surface area contributed by atoms with Crippen molar-refractivity contribution in [2.45, 2.75) is 51.5 Å². The van der Waals surface area contributed by atoms with E-state index in [-0.39, 0.29) is 30.5 Å².